The summed E-state index contributed by atoms with van der Waals surface area (Å²) in [6.45, 7) is 7.78. The average Bonchev–Trinajstić information content (AvgIpc) is 3.43. The third-order valence-electron chi connectivity index (χ3n) is 5.72. The summed E-state index contributed by atoms with van der Waals surface area (Å²) in [4.78, 5) is 6.95. The summed E-state index contributed by atoms with van der Waals surface area (Å²) in [5.74, 6) is 1.64. The zero-order valence-electron chi connectivity index (χ0n) is 15.5. The number of hydrogen-bond acceptors (Lipinski definition) is 2. The van der Waals surface area contributed by atoms with Gasteiger partial charge < -0.3 is 15.5 Å². The second kappa shape index (κ2) is 8.41. The van der Waals surface area contributed by atoms with Crippen LogP contribution >= 0.6 is 11.6 Å². The quantitative estimate of drug-likeness (QED) is 0.602. The average molecular weight is 363 g/mol. The molecular formula is C20H31ClN4. The summed E-state index contributed by atoms with van der Waals surface area (Å²) in [5.41, 5.74) is 1.57. The molecule has 1 aliphatic carbocycles. The number of likely N-dealkylation sites (tertiary alicyclic amines) is 1. The van der Waals surface area contributed by atoms with E-state index in [0.29, 0.717) is 0 Å². The van der Waals surface area contributed by atoms with E-state index in [1.54, 1.807) is 0 Å². The van der Waals surface area contributed by atoms with Crippen molar-refractivity contribution in [3.8, 4) is 0 Å². The van der Waals surface area contributed by atoms with Gasteiger partial charge >= 0.3 is 0 Å². The van der Waals surface area contributed by atoms with Crippen molar-refractivity contribution >= 4 is 17.6 Å². The van der Waals surface area contributed by atoms with Gasteiger partial charge in [0.05, 0.1) is 0 Å². The highest BCUT2D eigenvalue weighted by molar-refractivity contribution is 6.30. The van der Waals surface area contributed by atoms with Crippen molar-refractivity contribution in [3.05, 3.63) is 34.9 Å². The largest absolute Gasteiger partial charge is 0.356 e. The van der Waals surface area contributed by atoms with Crippen LogP contribution in [0.5, 0.6) is 0 Å². The summed E-state index contributed by atoms with van der Waals surface area (Å²) >= 11 is 6.17. The Labute approximate surface area is 157 Å². The van der Waals surface area contributed by atoms with Crippen LogP contribution in [-0.4, -0.2) is 50.6 Å². The fourth-order valence-corrected chi connectivity index (χ4v) is 4.05. The maximum Gasteiger partial charge on any atom is 0.191 e. The number of aliphatic imine (C=N–C) groups is 1. The van der Waals surface area contributed by atoms with Crippen molar-refractivity contribution in [2.45, 2.75) is 38.0 Å². The van der Waals surface area contributed by atoms with Crippen molar-refractivity contribution in [1.82, 2.24) is 15.5 Å². The summed E-state index contributed by atoms with van der Waals surface area (Å²) < 4.78 is 0. The summed E-state index contributed by atoms with van der Waals surface area (Å²) in [7, 11) is 1.85. The van der Waals surface area contributed by atoms with E-state index in [1.807, 2.05) is 19.2 Å². The molecule has 2 N–H and O–H groups in total. The van der Waals surface area contributed by atoms with Gasteiger partial charge in [0, 0.05) is 37.1 Å². The Hall–Kier alpha value is -1.26. The molecular weight excluding hydrogens is 332 g/mol. The van der Waals surface area contributed by atoms with Gasteiger partial charge in [-0.05, 0) is 62.4 Å². The number of piperidine rings is 1. The first-order valence-electron chi connectivity index (χ1n) is 9.58. The van der Waals surface area contributed by atoms with Gasteiger partial charge in [-0.2, -0.15) is 0 Å². The Morgan fingerprint density at radius 1 is 1.36 bits per heavy atom. The molecule has 0 aromatic heterocycles. The lowest BCUT2D eigenvalue weighted by Crippen LogP contribution is -2.45. The van der Waals surface area contributed by atoms with Crippen molar-refractivity contribution < 1.29 is 0 Å². The molecule has 5 heteroatoms. The predicted octanol–water partition coefficient (Wildman–Crippen LogP) is 3.27. The normalized spacial score (nSPS) is 23.3. The number of hydrogen-bond donors (Lipinski definition) is 2. The van der Waals surface area contributed by atoms with Crippen LogP contribution in [0.1, 0.15) is 38.2 Å². The Balaban J connectivity index is 1.48. The van der Waals surface area contributed by atoms with Crippen molar-refractivity contribution in [2.24, 2.45) is 10.9 Å². The van der Waals surface area contributed by atoms with Gasteiger partial charge in [-0.25, -0.2) is 0 Å². The first-order valence-corrected chi connectivity index (χ1v) is 9.96. The van der Waals surface area contributed by atoms with Crippen LogP contribution in [-0.2, 0) is 5.41 Å². The zero-order valence-corrected chi connectivity index (χ0v) is 16.3. The summed E-state index contributed by atoms with van der Waals surface area (Å²) in [6, 6.07) is 8.29. The SMILES string of the molecule is CCN1CCCC(CNC(=NC)NCC2(c3cccc(Cl)c3)CC2)C1. The molecule has 0 amide bonds. The minimum Gasteiger partial charge on any atom is -0.356 e. The molecule has 1 saturated carbocycles. The Morgan fingerprint density at radius 3 is 2.88 bits per heavy atom. The van der Waals surface area contributed by atoms with Crippen LogP contribution in [0.25, 0.3) is 0 Å². The van der Waals surface area contributed by atoms with Crippen LogP contribution in [0.2, 0.25) is 5.02 Å². The van der Waals surface area contributed by atoms with E-state index < -0.39 is 0 Å². The number of guanidine groups is 1. The standard InChI is InChI=1S/C20H31ClN4/c1-3-25-11-5-6-16(14-25)13-23-19(22-2)24-15-20(9-10-20)17-7-4-8-18(21)12-17/h4,7-8,12,16H,3,5-6,9-11,13-15H2,1-2H3,(H2,22,23,24). The van der Waals surface area contributed by atoms with Crippen molar-refractivity contribution in [3.63, 3.8) is 0 Å². The molecule has 1 aliphatic heterocycles. The highest BCUT2D eigenvalue weighted by atomic mass is 35.5. The van der Waals surface area contributed by atoms with E-state index >= 15 is 0 Å². The Kier molecular flexibility index (Phi) is 6.24. The molecule has 0 spiro atoms. The molecule has 138 valence electrons. The maximum absolute atomic E-state index is 6.17. The molecule has 1 atom stereocenters. The lowest BCUT2D eigenvalue weighted by Gasteiger charge is -2.32. The minimum atomic E-state index is 0.229. The first-order chi connectivity index (χ1) is 12.1. The van der Waals surface area contributed by atoms with E-state index in [4.69, 9.17) is 11.6 Å². The zero-order chi connectivity index (χ0) is 17.7. The molecule has 2 aliphatic rings. The van der Waals surface area contributed by atoms with E-state index in [1.165, 1.54) is 44.3 Å². The Morgan fingerprint density at radius 2 is 2.20 bits per heavy atom. The number of nitrogens with one attached hydrogen (secondary N) is 2. The molecule has 1 unspecified atom stereocenters. The van der Waals surface area contributed by atoms with Crippen molar-refractivity contribution in [2.75, 3.05) is 39.8 Å². The third-order valence-corrected chi connectivity index (χ3v) is 5.95. The van der Waals surface area contributed by atoms with Crippen LogP contribution in [0.4, 0.5) is 0 Å². The van der Waals surface area contributed by atoms with E-state index in [2.05, 4.69) is 39.6 Å². The van der Waals surface area contributed by atoms with Crippen LogP contribution < -0.4 is 10.6 Å². The van der Waals surface area contributed by atoms with Crippen LogP contribution in [0, 0.1) is 5.92 Å². The molecule has 1 aromatic rings. The van der Waals surface area contributed by atoms with E-state index in [9.17, 15) is 0 Å². The van der Waals surface area contributed by atoms with Crippen LogP contribution in [0.3, 0.4) is 0 Å². The molecule has 0 bridgehead atoms. The lowest BCUT2D eigenvalue weighted by molar-refractivity contribution is 0.183. The Bertz CT molecular complexity index is 597. The van der Waals surface area contributed by atoms with Crippen molar-refractivity contribution in [1.29, 1.82) is 0 Å². The van der Waals surface area contributed by atoms with Gasteiger partial charge in [-0.3, -0.25) is 4.99 Å². The van der Waals surface area contributed by atoms with Gasteiger partial charge in [0.25, 0.3) is 0 Å². The molecule has 0 radical (unpaired) electrons. The third kappa shape index (κ3) is 4.89. The lowest BCUT2D eigenvalue weighted by atomic mass is 9.96. The second-order valence-corrected chi connectivity index (χ2v) is 7.94. The van der Waals surface area contributed by atoms with Crippen LogP contribution in [0.15, 0.2) is 29.3 Å². The highest BCUT2D eigenvalue weighted by Gasteiger charge is 2.44. The molecule has 4 nitrogen and oxygen atoms in total. The second-order valence-electron chi connectivity index (χ2n) is 7.50. The van der Waals surface area contributed by atoms with Gasteiger partial charge in [0.2, 0.25) is 0 Å². The molecule has 25 heavy (non-hydrogen) atoms. The molecule has 1 aromatic carbocycles. The molecule has 1 heterocycles. The maximum atomic E-state index is 6.17. The number of benzene rings is 1. The fraction of sp³-hybridized carbons (Fsp3) is 0.650. The van der Waals surface area contributed by atoms with Gasteiger partial charge in [-0.1, -0.05) is 30.7 Å². The van der Waals surface area contributed by atoms with Gasteiger partial charge in [0.1, 0.15) is 0 Å². The predicted molar refractivity (Wildman–Crippen MR) is 107 cm³/mol. The molecule has 3 rings (SSSR count). The topological polar surface area (TPSA) is 39.7 Å². The number of rotatable bonds is 6. The fourth-order valence-electron chi connectivity index (χ4n) is 3.86. The molecule has 1 saturated heterocycles. The molecule has 2 fully saturated rings. The summed E-state index contributed by atoms with van der Waals surface area (Å²) in [5, 5.41) is 7.89. The smallest absolute Gasteiger partial charge is 0.191 e. The monoisotopic (exact) mass is 362 g/mol. The summed E-state index contributed by atoms with van der Waals surface area (Å²) in [6.07, 6.45) is 5.05. The van der Waals surface area contributed by atoms with E-state index in [-0.39, 0.29) is 5.41 Å². The van der Waals surface area contributed by atoms with E-state index in [0.717, 1.165) is 36.5 Å². The van der Waals surface area contributed by atoms with Gasteiger partial charge in [0.15, 0.2) is 5.96 Å². The van der Waals surface area contributed by atoms with Gasteiger partial charge in [-0.15, -0.1) is 0 Å². The highest BCUT2D eigenvalue weighted by Crippen LogP contribution is 2.48. The number of nitrogens with zero attached hydrogens (tertiary/aromatic N) is 2. The first kappa shape index (κ1) is 18.5. The number of halogens is 1. The minimum absolute atomic E-state index is 0.229.